The van der Waals surface area contributed by atoms with Gasteiger partial charge in [-0.2, -0.15) is 0 Å². The van der Waals surface area contributed by atoms with E-state index < -0.39 is 0 Å². The van der Waals surface area contributed by atoms with Crippen LogP contribution in [0.5, 0.6) is 0 Å². The summed E-state index contributed by atoms with van der Waals surface area (Å²) in [5.74, 6) is 0.0590. The Labute approximate surface area is 126 Å². The van der Waals surface area contributed by atoms with Crippen LogP contribution in [-0.4, -0.2) is 24.1 Å². The van der Waals surface area contributed by atoms with E-state index in [-0.39, 0.29) is 17.1 Å². The van der Waals surface area contributed by atoms with Gasteiger partial charge in [-0.3, -0.25) is 0 Å². The van der Waals surface area contributed by atoms with E-state index in [4.69, 9.17) is 10.9 Å². The van der Waals surface area contributed by atoms with E-state index >= 15 is 0 Å². The van der Waals surface area contributed by atoms with E-state index in [1.54, 1.807) is 12.1 Å². The maximum Gasteiger partial charge on any atom is 0.144 e. The first-order chi connectivity index (χ1) is 9.90. The maximum absolute atomic E-state index is 12.9. The van der Waals surface area contributed by atoms with Crippen LogP contribution in [-0.2, 0) is 0 Å². The Balaban J connectivity index is 2.45. The van der Waals surface area contributed by atoms with Crippen molar-refractivity contribution >= 4 is 11.5 Å². The van der Waals surface area contributed by atoms with Crippen molar-refractivity contribution in [1.29, 1.82) is 0 Å². The summed E-state index contributed by atoms with van der Waals surface area (Å²) >= 11 is 0. The minimum atomic E-state index is -0.290. The van der Waals surface area contributed by atoms with Crippen LogP contribution in [0.4, 0.5) is 10.1 Å². The van der Waals surface area contributed by atoms with Crippen molar-refractivity contribution in [3.05, 3.63) is 30.1 Å². The molecule has 0 aromatic heterocycles. The van der Waals surface area contributed by atoms with Crippen molar-refractivity contribution in [3.8, 4) is 0 Å². The molecule has 1 aromatic rings. The van der Waals surface area contributed by atoms with Gasteiger partial charge in [0, 0.05) is 24.2 Å². The number of nitrogens with zero attached hydrogens (tertiary/aromatic N) is 2. The molecular formula is C16H26FN3O. The number of benzene rings is 1. The number of hydrogen-bond acceptors (Lipinski definition) is 3. The van der Waals surface area contributed by atoms with Crippen LogP contribution < -0.4 is 10.6 Å². The number of hydrogen-bond donors (Lipinski definition) is 2. The Morgan fingerprint density at radius 2 is 1.90 bits per heavy atom. The van der Waals surface area contributed by atoms with Crippen molar-refractivity contribution < 1.29 is 9.60 Å². The van der Waals surface area contributed by atoms with Crippen LogP contribution in [0.1, 0.15) is 40.0 Å². The number of rotatable bonds is 8. The predicted octanol–water partition coefficient (Wildman–Crippen LogP) is 3.59. The molecule has 0 spiro atoms. The normalized spacial score (nSPS) is 12.5. The Bertz CT molecular complexity index is 457. The third kappa shape index (κ3) is 5.25. The second-order valence-corrected chi connectivity index (χ2v) is 5.88. The highest BCUT2D eigenvalue weighted by Gasteiger charge is 2.22. The molecule has 0 atom stereocenters. The van der Waals surface area contributed by atoms with E-state index in [2.05, 4.69) is 17.0 Å². The molecule has 21 heavy (non-hydrogen) atoms. The van der Waals surface area contributed by atoms with Crippen LogP contribution in [0.15, 0.2) is 29.4 Å². The molecule has 0 saturated carbocycles. The van der Waals surface area contributed by atoms with Crippen LogP contribution >= 0.6 is 0 Å². The highest BCUT2D eigenvalue weighted by molar-refractivity contribution is 5.85. The van der Waals surface area contributed by atoms with Gasteiger partial charge in [0.1, 0.15) is 11.7 Å². The Morgan fingerprint density at radius 1 is 1.29 bits per heavy atom. The molecule has 0 fully saturated rings. The van der Waals surface area contributed by atoms with Crippen LogP contribution in [0, 0.1) is 11.2 Å². The van der Waals surface area contributed by atoms with Gasteiger partial charge in [-0.1, -0.05) is 25.4 Å². The number of unbranched alkanes of at least 4 members (excludes halogenated alkanes) is 1. The van der Waals surface area contributed by atoms with E-state index in [0.29, 0.717) is 0 Å². The highest BCUT2D eigenvalue weighted by Crippen LogP contribution is 2.24. The lowest BCUT2D eigenvalue weighted by molar-refractivity contribution is 0.304. The predicted molar refractivity (Wildman–Crippen MR) is 85.3 cm³/mol. The van der Waals surface area contributed by atoms with Gasteiger partial charge in [0.25, 0.3) is 0 Å². The molecule has 1 rings (SSSR count). The van der Waals surface area contributed by atoms with E-state index in [1.165, 1.54) is 12.1 Å². The zero-order valence-corrected chi connectivity index (χ0v) is 13.1. The van der Waals surface area contributed by atoms with E-state index in [0.717, 1.165) is 38.0 Å². The fourth-order valence-corrected chi connectivity index (χ4v) is 2.25. The van der Waals surface area contributed by atoms with Crippen molar-refractivity contribution in [2.24, 2.45) is 16.3 Å². The molecule has 0 amide bonds. The van der Waals surface area contributed by atoms with Gasteiger partial charge in [0.05, 0.1) is 0 Å². The standard InChI is InChI=1S/C16H26FN3O/c1-4-20(14-9-7-13(17)8-10-14)12-6-5-11-16(2,3)15(18)19-21/h7-10,21H,4-6,11-12H2,1-3H3,(H2,18,19). The second-order valence-electron chi connectivity index (χ2n) is 5.88. The minimum absolute atomic E-state index is 0.213. The smallest absolute Gasteiger partial charge is 0.144 e. The summed E-state index contributed by atoms with van der Waals surface area (Å²) in [4.78, 5) is 2.22. The topological polar surface area (TPSA) is 61.8 Å². The van der Waals surface area contributed by atoms with Crippen LogP contribution in [0.25, 0.3) is 0 Å². The summed E-state index contributed by atoms with van der Waals surface area (Å²) in [6, 6.07) is 6.58. The molecule has 3 N–H and O–H groups in total. The average molecular weight is 295 g/mol. The van der Waals surface area contributed by atoms with Gasteiger partial charge >= 0.3 is 0 Å². The summed E-state index contributed by atoms with van der Waals surface area (Å²) in [5, 5.41) is 11.8. The molecule has 0 saturated heterocycles. The lowest BCUT2D eigenvalue weighted by Gasteiger charge is -2.25. The summed E-state index contributed by atoms with van der Waals surface area (Å²) < 4.78 is 12.9. The number of oxime groups is 1. The van der Waals surface area contributed by atoms with Gasteiger partial charge in [-0.15, -0.1) is 0 Å². The van der Waals surface area contributed by atoms with Crippen LogP contribution in [0.2, 0.25) is 0 Å². The summed E-state index contributed by atoms with van der Waals surface area (Å²) in [6.45, 7) is 7.83. The lowest BCUT2D eigenvalue weighted by Crippen LogP contribution is -2.32. The second kappa shape index (κ2) is 7.86. The molecule has 118 valence electrons. The first-order valence-corrected chi connectivity index (χ1v) is 7.39. The summed E-state index contributed by atoms with van der Waals surface area (Å²) in [5.41, 5.74) is 6.42. The zero-order valence-electron chi connectivity index (χ0n) is 13.1. The van der Waals surface area contributed by atoms with Crippen molar-refractivity contribution in [2.75, 3.05) is 18.0 Å². The molecule has 0 unspecified atom stereocenters. The molecule has 5 heteroatoms. The van der Waals surface area contributed by atoms with Gasteiger partial charge in [0.15, 0.2) is 0 Å². The third-order valence-corrected chi connectivity index (χ3v) is 3.85. The number of halogens is 1. The maximum atomic E-state index is 12.9. The molecule has 0 bridgehead atoms. The van der Waals surface area contributed by atoms with Gasteiger partial charge in [-0.25, -0.2) is 4.39 Å². The molecule has 4 nitrogen and oxygen atoms in total. The number of amidine groups is 1. The lowest BCUT2D eigenvalue weighted by atomic mass is 9.86. The monoisotopic (exact) mass is 295 g/mol. The fourth-order valence-electron chi connectivity index (χ4n) is 2.25. The van der Waals surface area contributed by atoms with Gasteiger partial charge in [-0.05, 0) is 44.0 Å². The van der Waals surface area contributed by atoms with Crippen molar-refractivity contribution in [3.63, 3.8) is 0 Å². The van der Waals surface area contributed by atoms with Crippen molar-refractivity contribution in [1.82, 2.24) is 0 Å². The molecule has 0 radical (unpaired) electrons. The van der Waals surface area contributed by atoms with E-state index in [9.17, 15) is 4.39 Å². The van der Waals surface area contributed by atoms with Gasteiger partial charge in [0.2, 0.25) is 0 Å². The Kier molecular flexibility index (Phi) is 6.46. The third-order valence-electron chi connectivity index (χ3n) is 3.85. The SMILES string of the molecule is CCN(CCCCC(C)(C)/C(N)=N/O)c1ccc(F)cc1. The first-order valence-electron chi connectivity index (χ1n) is 7.39. The Hall–Kier alpha value is -1.78. The number of nitrogens with two attached hydrogens (primary N) is 1. The average Bonchev–Trinajstić information content (AvgIpc) is 2.47. The van der Waals surface area contributed by atoms with Crippen molar-refractivity contribution in [2.45, 2.75) is 40.0 Å². The van der Waals surface area contributed by atoms with Gasteiger partial charge < -0.3 is 15.8 Å². The first kappa shape index (κ1) is 17.3. The quantitative estimate of drug-likeness (QED) is 0.253. The van der Waals surface area contributed by atoms with Crippen LogP contribution in [0.3, 0.4) is 0 Å². The molecule has 0 aliphatic carbocycles. The minimum Gasteiger partial charge on any atom is -0.409 e. The fraction of sp³-hybridized carbons (Fsp3) is 0.562. The molecule has 0 aliphatic rings. The Morgan fingerprint density at radius 3 is 2.43 bits per heavy atom. The molecular weight excluding hydrogens is 269 g/mol. The highest BCUT2D eigenvalue weighted by atomic mass is 19.1. The largest absolute Gasteiger partial charge is 0.409 e. The number of anilines is 1. The molecule has 1 aromatic carbocycles. The molecule has 0 aliphatic heterocycles. The summed E-state index contributed by atoms with van der Waals surface area (Å²) in [6.07, 6.45) is 2.86. The summed E-state index contributed by atoms with van der Waals surface area (Å²) in [7, 11) is 0. The molecule has 0 heterocycles. The van der Waals surface area contributed by atoms with E-state index in [1.807, 2.05) is 13.8 Å². The zero-order chi connectivity index (χ0) is 15.9.